The second-order valence-corrected chi connectivity index (χ2v) is 16.7. The van der Waals surface area contributed by atoms with Crippen molar-refractivity contribution in [2.45, 2.75) is 251 Å². The van der Waals surface area contributed by atoms with Gasteiger partial charge in [0.15, 0.2) is 0 Å². The van der Waals surface area contributed by atoms with Crippen LogP contribution in [0.2, 0.25) is 0 Å². The van der Waals surface area contributed by atoms with Gasteiger partial charge in [-0.2, -0.15) is 0 Å². The monoisotopic (exact) mass is 853 g/mol. The molecule has 0 heterocycles. The van der Waals surface area contributed by atoms with E-state index in [2.05, 4.69) is 93.7 Å². The molecule has 0 amide bonds. The van der Waals surface area contributed by atoms with Crippen molar-refractivity contribution in [2.75, 3.05) is 0 Å². The van der Waals surface area contributed by atoms with Gasteiger partial charge in [0.1, 0.15) is 12.2 Å². The Hall–Kier alpha value is -3.19. The zero-order chi connectivity index (χ0) is 44.7. The van der Waals surface area contributed by atoms with Crippen LogP contribution in [0.5, 0.6) is 0 Å². The molecule has 0 aromatic heterocycles. The minimum Gasteiger partial charge on any atom is -0.481 e. The number of hydrogen-bond donors (Lipinski definition) is 2. The molecule has 0 fully saturated rings. The zero-order valence-corrected chi connectivity index (χ0v) is 39.4. The number of allylic oxidation sites excluding steroid dienone is 9. The van der Waals surface area contributed by atoms with Crippen molar-refractivity contribution in [3.63, 3.8) is 0 Å². The van der Waals surface area contributed by atoms with Crippen molar-refractivity contribution in [2.24, 2.45) is 0 Å². The zero-order valence-electron chi connectivity index (χ0n) is 39.4. The second-order valence-electron chi connectivity index (χ2n) is 16.7. The van der Waals surface area contributed by atoms with Gasteiger partial charge in [-0.1, -0.05) is 177 Å². The van der Waals surface area contributed by atoms with Crippen molar-refractivity contribution in [3.05, 3.63) is 72.9 Å². The fourth-order valence-corrected chi connectivity index (χ4v) is 7.18. The van der Waals surface area contributed by atoms with E-state index in [4.69, 9.17) is 14.6 Å². The van der Waals surface area contributed by atoms with Gasteiger partial charge in [-0.05, 0) is 96.3 Å². The number of carboxylic acid groups (broad SMARTS) is 1. The number of unbranched alkanes of at least 4 members (excludes halogenated alkanes) is 15. The van der Waals surface area contributed by atoms with Crippen LogP contribution in [0.25, 0.3) is 0 Å². The summed E-state index contributed by atoms with van der Waals surface area (Å²) in [5.74, 6) is -0.894. The molecule has 0 aliphatic rings. The number of carboxylic acids is 1. The molecule has 3 atom stereocenters. The number of carbonyl (C=O) groups excluding carboxylic acids is 2. The van der Waals surface area contributed by atoms with Gasteiger partial charge in [0, 0.05) is 32.1 Å². The Bertz CT molecular complexity index is 1200. The number of aliphatic hydroxyl groups is 1. The minimum atomic E-state index is -0.720. The molecule has 0 aliphatic heterocycles. The molecule has 0 aliphatic carbocycles. The number of hydrogen-bond acceptors (Lipinski definition) is 6. The Morgan fingerprint density at radius 2 is 0.705 bits per heavy atom. The lowest BCUT2D eigenvalue weighted by Gasteiger charge is -2.17. The number of aliphatic carboxylic acids is 1. The maximum Gasteiger partial charge on any atom is 0.306 e. The third-order valence-corrected chi connectivity index (χ3v) is 10.8. The van der Waals surface area contributed by atoms with E-state index in [0.29, 0.717) is 12.8 Å². The smallest absolute Gasteiger partial charge is 0.306 e. The maximum absolute atomic E-state index is 12.8. The quantitative estimate of drug-likeness (QED) is 0.0357. The summed E-state index contributed by atoms with van der Waals surface area (Å²) in [6, 6.07) is 0. The van der Waals surface area contributed by atoms with Gasteiger partial charge in [-0.3, -0.25) is 14.4 Å². The van der Waals surface area contributed by atoms with Crippen molar-refractivity contribution in [3.8, 4) is 0 Å². The highest BCUT2D eigenvalue weighted by atomic mass is 16.5. The Labute approximate surface area is 374 Å². The van der Waals surface area contributed by atoms with Crippen LogP contribution in [0, 0.1) is 0 Å². The van der Waals surface area contributed by atoms with E-state index in [1.165, 1.54) is 0 Å². The highest BCUT2D eigenvalue weighted by Gasteiger charge is 2.15. The van der Waals surface area contributed by atoms with E-state index in [1.807, 2.05) is 0 Å². The number of carbonyl (C=O) groups is 3. The average molecular weight is 853 g/mol. The van der Waals surface area contributed by atoms with Gasteiger partial charge in [-0.15, -0.1) is 0 Å². The molecule has 0 saturated heterocycles. The molecule has 7 nitrogen and oxygen atoms in total. The lowest BCUT2D eigenvalue weighted by Crippen LogP contribution is -2.17. The summed E-state index contributed by atoms with van der Waals surface area (Å²) in [5, 5.41) is 19.0. The first kappa shape index (κ1) is 57.8. The van der Waals surface area contributed by atoms with E-state index in [0.717, 1.165) is 193 Å². The topological polar surface area (TPSA) is 110 Å². The highest BCUT2D eigenvalue weighted by Crippen LogP contribution is 2.19. The van der Waals surface area contributed by atoms with Crippen LogP contribution in [-0.2, 0) is 23.9 Å². The summed E-state index contributed by atoms with van der Waals surface area (Å²) >= 11 is 0. The lowest BCUT2D eigenvalue weighted by molar-refractivity contribution is -0.150. The number of rotatable bonds is 44. The average Bonchev–Trinajstić information content (AvgIpc) is 3.24. The first-order valence-corrected chi connectivity index (χ1v) is 25.0. The molecule has 0 bridgehead atoms. The summed E-state index contributed by atoms with van der Waals surface area (Å²) in [6.07, 6.45) is 55.7. The van der Waals surface area contributed by atoms with Crippen LogP contribution in [0.1, 0.15) is 233 Å². The van der Waals surface area contributed by atoms with E-state index in [9.17, 15) is 19.5 Å². The Morgan fingerprint density at radius 3 is 1.08 bits per heavy atom. The molecule has 61 heavy (non-hydrogen) atoms. The third-order valence-electron chi connectivity index (χ3n) is 10.8. The Kier molecular flexibility index (Phi) is 43.9. The highest BCUT2D eigenvalue weighted by molar-refractivity contribution is 5.69. The van der Waals surface area contributed by atoms with Gasteiger partial charge in [0.2, 0.25) is 0 Å². The molecule has 0 rings (SSSR count). The summed E-state index contributed by atoms with van der Waals surface area (Å²) in [7, 11) is 0. The molecule has 0 spiro atoms. The predicted molar refractivity (Wildman–Crippen MR) is 258 cm³/mol. The fraction of sp³-hybridized carbons (Fsp3) is 0.722. The van der Waals surface area contributed by atoms with Gasteiger partial charge in [-0.25, -0.2) is 0 Å². The molecular weight excluding hydrogens is 761 g/mol. The van der Waals surface area contributed by atoms with Crippen LogP contribution < -0.4 is 0 Å². The van der Waals surface area contributed by atoms with E-state index in [-0.39, 0.29) is 36.7 Å². The number of esters is 2. The largest absolute Gasteiger partial charge is 0.481 e. The van der Waals surface area contributed by atoms with Crippen LogP contribution in [0.15, 0.2) is 72.9 Å². The molecule has 0 aromatic carbocycles. The summed E-state index contributed by atoms with van der Waals surface area (Å²) < 4.78 is 11.9. The molecule has 0 radical (unpaired) electrons. The first-order valence-electron chi connectivity index (χ1n) is 25.0. The maximum atomic E-state index is 12.8. The van der Waals surface area contributed by atoms with Crippen molar-refractivity contribution in [1.82, 2.24) is 0 Å². The van der Waals surface area contributed by atoms with Gasteiger partial charge < -0.3 is 19.7 Å². The standard InChI is InChI=1S/C54H92O7/c1-4-7-10-13-22-31-40-49(55)41-32-23-16-20-29-38-47-53(58)61-51(43-34-25-15-12-9-6-3)45-36-27-18-21-30-39-48-54(59)60-50(42-33-24-14-11-8-5-2)44-35-26-17-19-28-37-46-52(56)57/h7-12,22,24-25,31,33-34,49-51,55H,4-6,13-21,23,26-30,32,35-48H2,1-3H3,(H,56,57)/b10-7-,11-8-,12-9-,31-22-,33-24-,34-25-. The molecule has 2 N–H and O–H groups in total. The third kappa shape index (κ3) is 44.7. The van der Waals surface area contributed by atoms with Crippen molar-refractivity contribution < 1.29 is 34.1 Å². The van der Waals surface area contributed by atoms with Crippen LogP contribution in [0.3, 0.4) is 0 Å². The fourth-order valence-electron chi connectivity index (χ4n) is 7.18. The van der Waals surface area contributed by atoms with Gasteiger partial charge in [0.05, 0.1) is 6.10 Å². The number of aliphatic hydroxyl groups excluding tert-OH is 1. The molecular formula is C54H92O7. The van der Waals surface area contributed by atoms with Crippen LogP contribution in [0.4, 0.5) is 0 Å². The molecule has 0 saturated carbocycles. The molecule has 7 heteroatoms. The van der Waals surface area contributed by atoms with E-state index >= 15 is 0 Å². The minimum absolute atomic E-state index is 0.0788. The second kappa shape index (κ2) is 46.3. The van der Waals surface area contributed by atoms with Gasteiger partial charge in [0.25, 0.3) is 0 Å². The summed E-state index contributed by atoms with van der Waals surface area (Å²) in [6.45, 7) is 6.40. The van der Waals surface area contributed by atoms with Crippen LogP contribution in [-0.4, -0.2) is 46.4 Å². The first-order chi connectivity index (χ1) is 29.8. The summed E-state index contributed by atoms with van der Waals surface area (Å²) in [5.41, 5.74) is 0. The van der Waals surface area contributed by atoms with E-state index < -0.39 is 5.97 Å². The Morgan fingerprint density at radius 1 is 0.393 bits per heavy atom. The molecule has 0 aromatic rings. The predicted octanol–water partition coefficient (Wildman–Crippen LogP) is 15.5. The number of ether oxygens (including phenoxy) is 2. The van der Waals surface area contributed by atoms with Crippen molar-refractivity contribution >= 4 is 17.9 Å². The molecule has 3 unspecified atom stereocenters. The normalized spacial score (nSPS) is 13.8. The molecule has 350 valence electrons. The van der Waals surface area contributed by atoms with Crippen molar-refractivity contribution in [1.29, 1.82) is 0 Å². The lowest BCUT2D eigenvalue weighted by atomic mass is 10.0. The SMILES string of the molecule is CC/C=C\C/C=C\CC(O)CCCCCCCCC(=O)OC(C/C=C\C/C=C\CC)CCCCCCCCC(=O)OC(C/C=C\C/C=C\CC)CCCCCCCCC(=O)O. The summed E-state index contributed by atoms with van der Waals surface area (Å²) in [4.78, 5) is 36.3. The van der Waals surface area contributed by atoms with Gasteiger partial charge >= 0.3 is 17.9 Å². The van der Waals surface area contributed by atoms with E-state index in [1.54, 1.807) is 0 Å². The Balaban J connectivity index is 4.46. The van der Waals surface area contributed by atoms with Crippen LogP contribution >= 0.6 is 0 Å².